The average Bonchev–Trinajstić information content (AvgIpc) is 2.46. The Hall–Kier alpha value is -2.08. The van der Waals surface area contributed by atoms with Crippen LogP contribution in [0.3, 0.4) is 0 Å². The first-order valence-electron chi connectivity index (χ1n) is 6.17. The second-order valence-corrected chi connectivity index (χ2v) is 5.24. The molecule has 0 aliphatic carbocycles. The Morgan fingerprint density at radius 1 is 1.33 bits per heavy atom. The molecule has 3 N–H and O–H groups in total. The number of nitrogens with two attached hydrogens (primary N) is 1. The molecule has 0 heterocycles. The van der Waals surface area contributed by atoms with Crippen molar-refractivity contribution in [3.63, 3.8) is 0 Å². The predicted molar refractivity (Wildman–Crippen MR) is 82.9 cm³/mol. The molecule has 2 aromatic carbocycles. The van der Waals surface area contributed by atoms with E-state index in [0.29, 0.717) is 12.2 Å². The van der Waals surface area contributed by atoms with E-state index >= 15 is 0 Å². The molecule has 0 atom stereocenters. The zero-order valence-corrected chi connectivity index (χ0v) is 12.9. The van der Waals surface area contributed by atoms with Crippen molar-refractivity contribution in [1.82, 2.24) is 0 Å². The van der Waals surface area contributed by atoms with Gasteiger partial charge in [0.1, 0.15) is 11.6 Å². The van der Waals surface area contributed by atoms with Crippen LogP contribution in [-0.2, 0) is 6.54 Å². The molecular formula is C15H14BrFN2O2. The molecule has 110 valence electrons. The maximum atomic E-state index is 13.4. The number of hydrogen-bond donors (Lipinski definition) is 2. The second-order valence-electron chi connectivity index (χ2n) is 4.38. The van der Waals surface area contributed by atoms with E-state index in [-0.39, 0.29) is 5.56 Å². The molecule has 2 rings (SSSR count). The quantitative estimate of drug-likeness (QED) is 0.867. The van der Waals surface area contributed by atoms with Crippen LogP contribution in [0.4, 0.5) is 10.1 Å². The molecule has 0 aliphatic heterocycles. The number of carbonyl (C=O) groups is 1. The van der Waals surface area contributed by atoms with Crippen LogP contribution in [0.15, 0.2) is 40.9 Å². The fraction of sp³-hybridized carbons (Fsp3) is 0.133. The van der Waals surface area contributed by atoms with E-state index in [4.69, 9.17) is 10.5 Å². The standard InChI is InChI=1S/C15H14BrFN2O2/c1-21-14-5-2-9(6-12(14)16)8-19-10-3-4-13(17)11(7-10)15(18)20/h2-7,19H,8H2,1H3,(H2,18,20). The van der Waals surface area contributed by atoms with Gasteiger partial charge in [0.2, 0.25) is 0 Å². The zero-order chi connectivity index (χ0) is 15.4. The summed E-state index contributed by atoms with van der Waals surface area (Å²) in [7, 11) is 1.60. The Morgan fingerprint density at radius 2 is 2.10 bits per heavy atom. The van der Waals surface area contributed by atoms with Crippen molar-refractivity contribution in [3.05, 3.63) is 57.8 Å². The van der Waals surface area contributed by atoms with Gasteiger partial charge in [0, 0.05) is 12.2 Å². The topological polar surface area (TPSA) is 64.3 Å². The summed E-state index contributed by atoms with van der Waals surface area (Å²) >= 11 is 3.41. The smallest absolute Gasteiger partial charge is 0.251 e. The Labute approximate surface area is 130 Å². The Kier molecular flexibility index (Phi) is 4.80. The summed E-state index contributed by atoms with van der Waals surface area (Å²) < 4.78 is 19.4. The molecule has 0 bridgehead atoms. The average molecular weight is 353 g/mol. The molecule has 2 aromatic rings. The minimum absolute atomic E-state index is 0.129. The van der Waals surface area contributed by atoms with Gasteiger partial charge < -0.3 is 15.8 Å². The van der Waals surface area contributed by atoms with Crippen LogP contribution in [0, 0.1) is 5.82 Å². The van der Waals surface area contributed by atoms with Gasteiger partial charge in [-0.2, -0.15) is 0 Å². The van der Waals surface area contributed by atoms with Crippen LogP contribution >= 0.6 is 15.9 Å². The maximum Gasteiger partial charge on any atom is 0.251 e. The summed E-state index contributed by atoms with van der Waals surface area (Å²) in [5, 5.41) is 3.11. The lowest BCUT2D eigenvalue weighted by Gasteiger charge is -2.10. The molecule has 0 radical (unpaired) electrons. The first-order chi connectivity index (χ1) is 10.0. The lowest BCUT2D eigenvalue weighted by atomic mass is 10.1. The normalized spacial score (nSPS) is 10.2. The van der Waals surface area contributed by atoms with Crippen molar-refractivity contribution in [1.29, 1.82) is 0 Å². The lowest BCUT2D eigenvalue weighted by molar-refractivity contribution is 0.0996. The second kappa shape index (κ2) is 6.58. The Morgan fingerprint density at radius 3 is 2.71 bits per heavy atom. The Balaban J connectivity index is 2.11. The minimum Gasteiger partial charge on any atom is -0.496 e. The van der Waals surface area contributed by atoms with Gasteiger partial charge in [0.15, 0.2) is 0 Å². The highest BCUT2D eigenvalue weighted by Gasteiger charge is 2.09. The minimum atomic E-state index is -0.789. The summed E-state index contributed by atoms with van der Waals surface area (Å²) in [5.41, 5.74) is 6.62. The molecule has 0 saturated carbocycles. The number of carbonyl (C=O) groups excluding carboxylic acids is 1. The predicted octanol–water partition coefficient (Wildman–Crippen LogP) is 3.31. The molecule has 0 aliphatic rings. The van der Waals surface area contributed by atoms with E-state index in [1.165, 1.54) is 12.1 Å². The number of hydrogen-bond acceptors (Lipinski definition) is 3. The van der Waals surface area contributed by atoms with E-state index in [1.54, 1.807) is 13.2 Å². The molecule has 0 fully saturated rings. The van der Waals surface area contributed by atoms with Gasteiger partial charge in [0.05, 0.1) is 17.1 Å². The maximum absolute atomic E-state index is 13.4. The van der Waals surface area contributed by atoms with Gasteiger partial charge in [-0.15, -0.1) is 0 Å². The van der Waals surface area contributed by atoms with Gasteiger partial charge in [-0.1, -0.05) is 6.07 Å². The van der Waals surface area contributed by atoms with Crippen LogP contribution in [0.5, 0.6) is 5.75 Å². The van der Waals surface area contributed by atoms with Gasteiger partial charge >= 0.3 is 0 Å². The number of nitrogens with one attached hydrogen (secondary N) is 1. The van der Waals surface area contributed by atoms with Crippen LogP contribution in [0.1, 0.15) is 15.9 Å². The molecular weight excluding hydrogens is 339 g/mol. The van der Waals surface area contributed by atoms with Gasteiger partial charge in [-0.05, 0) is 51.8 Å². The summed E-state index contributed by atoms with van der Waals surface area (Å²) in [5.74, 6) is -0.667. The monoisotopic (exact) mass is 352 g/mol. The van der Waals surface area contributed by atoms with Crippen molar-refractivity contribution in [3.8, 4) is 5.75 Å². The third kappa shape index (κ3) is 3.72. The van der Waals surface area contributed by atoms with E-state index < -0.39 is 11.7 Å². The van der Waals surface area contributed by atoms with Crippen molar-refractivity contribution in [2.75, 3.05) is 12.4 Å². The van der Waals surface area contributed by atoms with Crippen LogP contribution in [0.25, 0.3) is 0 Å². The van der Waals surface area contributed by atoms with E-state index in [2.05, 4.69) is 21.2 Å². The zero-order valence-electron chi connectivity index (χ0n) is 11.3. The van der Waals surface area contributed by atoms with Crippen molar-refractivity contribution < 1.29 is 13.9 Å². The molecule has 0 unspecified atom stereocenters. The third-order valence-electron chi connectivity index (χ3n) is 2.94. The van der Waals surface area contributed by atoms with E-state index in [9.17, 15) is 9.18 Å². The highest BCUT2D eigenvalue weighted by Crippen LogP contribution is 2.26. The summed E-state index contributed by atoms with van der Waals surface area (Å²) in [6.07, 6.45) is 0. The van der Waals surface area contributed by atoms with Gasteiger partial charge in [-0.3, -0.25) is 4.79 Å². The van der Waals surface area contributed by atoms with Crippen LogP contribution in [0.2, 0.25) is 0 Å². The summed E-state index contributed by atoms with van der Waals surface area (Å²) in [6, 6.07) is 9.85. The number of primary amides is 1. The fourth-order valence-electron chi connectivity index (χ4n) is 1.85. The van der Waals surface area contributed by atoms with Crippen LogP contribution in [-0.4, -0.2) is 13.0 Å². The fourth-order valence-corrected chi connectivity index (χ4v) is 2.44. The first kappa shape index (κ1) is 15.3. The van der Waals surface area contributed by atoms with Crippen molar-refractivity contribution >= 4 is 27.5 Å². The molecule has 0 saturated heterocycles. The number of anilines is 1. The van der Waals surface area contributed by atoms with Gasteiger partial charge in [-0.25, -0.2) is 4.39 Å². The molecule has 21 heavy (non-hydrogen) atoms. The highest BCUT2D eigenvalue weighted by molar-refractivity contribution is 9.10. The largest absolute Gasteiger partial charge is 0.496 e. The number of ether oxygens (including phenoxy) is 1. The number of halogens is 2. The van der Waals surface area contributed by atoms with E-state index in [0.717, 1.165) is 15.8 Å². The third-order valence-corrected chi connectivity index (χ3v) is 3.56. The lowest BCUT2D eigenvalue weighted by Crippen LogP contribution is -2.13. The summed E-state index contributed by atoms with van der Waals surface area (Å²) in [6.45, 7) is 0.520. The summed E-state index contributed by atoms with van der Waals surface area (Å²) in [4.78, 5) is 11.1. The molecule has 0 aromatic heterocycles. The molecule has 4 nitrogen and oxygen atoms in total. The van der Waals surface area contributed by atoms with E-state index in [1.807, 2.05) is 18.2 Å². The molecule has 0 spiro atoms. The highest BCUT2D eigenvalue weighted by atomic mass is 79.9. The SMILES string of the molecule is COc1ccc(CNc2ccc(F)c(C(N)=O)c2)cc1Br. The van der Waals surface area contributed by atoms with Crippen molar-refractivity contribution in [2.24, 2.45) is 5.73 Å². The molecule has 6 heteroatoms. The number of amides is 1. The number of rotatable bonds is 5. The van der Waals surface area contributed by atoms with Gasteiger partial charge in [0.25, 0.3) is 5.91 Å². The Bertz CT molecular complexity index is 677. The van der Waals surface area contributed by atoms with Crippen molar-refractivity contribution in [2.45, 2.75) is 6.54 Å². The number of methoxy groups -OCH3 is 1. The first-order valence-corrected chi connectivity index (χ1v) is 6.96. The molecule has 1 amide bonds. The van der Waals surface area contributed by atoms with Crippen LogP contribution < -0.4 is 15.8 Å². The number of benzene rings is 2.